The van der Waals surface area contributed by atoms with Gasteiger partial charge in [-0.3, -0.25) is 0 Å². The van der Waals surface area contributed by atoms with E-state index in [0.717, 1.165) is 5.56 Å². The van der Waals surface area contributed by atoms with Crippen LogP contribution in [0.5, 0.6) is 0 Å². The highest BCUT2D eigenvalue weighted by molar-refractivity contribution is 7.89. The van der Waals surface area contributed by atoms with E-state index < -0.39 is 10.0 Å². The van der Waals surface area contributed by atoms with E-state index in [2.05, 4.69) is 10.6 Å². The first-order valence-electron chi connectivity index (χ1n) is 8.32. The molecule has 0 spiro atoms. The maximum Gasteiger partial charge on any atom is 0.243 e. The monoisotopic (exact) mass is 391 g/mol. The normalized spacial score (nSPS) is 15.4. The summed E-state index contributed by atoms with van der Waals surface area (Å²) in [6.45, 7) is 2.18. The summed E-state index contributed by atoms with van der Waals surface area (Å²) in [5.41, 5.74) is 1.74. The number of hydrogen-bond donors (Lipinski definition) is 2. The second-order valence-electron chi connectivity index (χ2n) is 5.84. The van der Waals surface area contributed by atoms with E-state index in [4.69, 9.17) is 17.0 Å². The third kappa shape index (κ3) is 4.79. The van der Waals surface area contributed by atoms with E-state index >= 15 is 0 Å². The summed E-state index contributed by atoms with van der Waals surface area (Å²) in [5, 5.41) is 6.59. The smallest absolute Gasteiger partial charge is 0.243 e. The lowest BCUT2D eigenvalue weighted by atomic mass is 10.2. The van der Waals surface area contributed by atoms with Crippen LogP contribution in [-0.2, 0) is 21.3 Å². The first kappa shape index (κ1) is 18.8. The summed E-state index contributed by atoms with van der Waals surface area (Å²) < 4.78 is 32.1. The lowest BCUT2D eigenvalue weighted by Gasteiger charge is -2.26. The highest BCUT2D eigenvalue weighted by Crippen LogP contribution is 2.20. The molecule has 0 bridgehead atoms. The van der Waals surface area contributed by atoms with Gasteiger partial charge in [0.1, 0.15) is 0 Å². The number of nitrogens with zero attached hydrogens (tertiary/aromatic N) is 1. The average molecular weight is 392 g/mol. The number of nitrogens with one attached hydrogen (secondary N) is 2. The number of hydrogen-bond acceptors (Lipinski definition) is 4. The van der Waals surface area contributed by atoms with Gasteiger partial charge in [0.05, 0.1) is 18.1 Å². The van der Waals surface area contributed by atoms with Gasteiger partial charge in [0.15, 0.2) is 5.11 Å². The van der Waals surface area contributed by atoms with Crippen LogP contribution < -0.4 is 10.6 Å². The standard InChI is InChI=1S/C18H21N3O3S2/c22-26(23,21-9-11-24-12-10-21)17-8-4-7-16(13-17)20-18(25)19-14-15-5-2-1-3-6-15/h1-8,13H,9-12,14H2,(H2,19,20,25). The van der Waals surface area contributed by atoms with Crippen molar-refractivity contribution in [3.63, 3.8) is 0 Å². The summed E-state index contributed by atoms with van der Waals surface area (Å²) in [4.78, 5) is 0.246. The molecular formula is C18H21N3O3S2. The molecule has 1 saturated heterocycles. The molecule has 0 aromatic heterocycles. The van der Waals surface area contributed by atoms with Gasteiger partial charge >= 0.3 is 0 Å². The van der Waals surface area contributed by atoms with Gasteiger partial charge in [0, 0.05) is 25.3 Å². The van der Waals surface area contributed by atoms with Gasteiger partial charge in [-0.2, -0.15) is 4.31 Å². The Kier molecular flexibility index (Phi) is 6.20. The average Bonchev–Trinajstić information content (AvgIpc) is 2.68. The van der Waals surface area contributed by atoms with Crippen molar-refractivity contribution in [2.45, 2.75) is 11.4 Å². The lowest BCUT2D eigenvalue weighted by molar-refractivity contribution is 0.0730. The minimum Gasteiger partial charge on any atom is -0.379 e. The van der Waals surface area contributed by atoms with Crippen molar-refractivity contribution in [1.82, 2.24) is 9.62 Å². The fourth-order valence-electron chi connectivity index (χ4n) is 2.62. The van der Waals surface area contributed by atoms with Gasteiger partial charge in [0.2, 0.25) is 10.0 Å². The Bertz CT molecular complexity index is 851. The quantitative estimate of drug-likeness (QED) is 0.762. The van der Waals surface area contributed by atoms with Gasteiger partial charge in [-0.1, -0.05) is 36.4 Å². The van der Waals surface area contributed by atoms with E-state index in [1.165, 1.54) is 4.31 Å². The van der Waals surface area contributed by atoms with Crippen LogP contribution >= 0.6 is 12.2 Å². The number of ether oxygens (including phenoxy) is 1. The van der Waals surface area contributed by atoms with Crippen LogP contribution in [0.2, 0.25) is 0 Å². The number of sulfonamides is 1. The van der Waals surface area contributed by atoms with Gasteiger partial charge in [-0.25, -0.2) is 8.42 Å². The van der Waals surface area contributed by atoms with Gasteiger partial charge in [-0.15, -0.1) is 0 Å². The van der Waals surface area contributed by atoms with Crippen LogP contribution in [0.25, 0.3) is 0 Å². The minimum atomic E-state index is -3.53. The molecule has 1 fully saturated rings. The van der Waals surface area contributed by atoms with E-state index in [1.54, 1.807) is 24.3 Å². The van der Waals surface area contributed by atoms with Crippen molar-refractivity contribution in [3.8, 4) is 0 Å². The minimum absolute atomic E-state index is 0.246. The Morgan fingerprint density at radius 1 is 1.08 bits per heavy atom. The Morgan fingerprint density at radius 2 is 1.81 bits per heavy atom. The highest BCUT2D eigenvalue weighted by Gasteiger charge is 2.26. The maximum atomic E-state index is 12.7. The zero-order chi connectivity index (χ0) is 18.4. The van der Waals surface area contributed by atoms with Crippen LogP contribution in [-0.4, -0.2) is 44.1 Å². The number of rotatable bonds is 5. The summed E-state index contributed by atoms with van der Waals surface area (Å²) in [5.74, 6) is 0. The van der Waals surface area contributed by atoms with Gasteiger partial charge in [-0.05, 0) is 36.0 Å². The molecule has 8 heteroatoms. The molecule has 6 nitrogen and oxygen atoms in total. The fraction of sp³-hybridized carbons (Fsp3) is 0.278. The fourth-order valence-corrected chi connectivity index (χ4v) is 4.27. The SMILES string of the molecule is O=S(=O)(c1cccc(NC(=S)NCc2ccccc2)c1)N1CCOCC1. The van der Waals surface area contributed by atoms with E-state index in [0.29, 0.717) is 43.6 Å². The van der Waals surface area contributed by atoms with Crippen LogP contribution in [0.4, 0.5) is 5.69 Å². The molecule has 1 heterocycles. The summed E-state index contributed by atoms with van der Waals surface area (Å²) in [6.07, 6.45) is 0. The van der Waals surface area contributed by atoms with Crippen molar-refractivity contribution in [3.05, 3.63) is 60.2 Å². The molecule has 0 radical (unpaired) electrons. The van der Waals surface area contributed by atoms with E-state index in [1.807, 2.05) is 30.3 Å². The molecule has 0 unspecified atom stereocenters. The predicted molar refractivity (Wildman–Crippen MR) is 106 cm³/mol. The van der Waals surface area contributed by atoms with Crippen LogP contribution in [0, 0.1) is 0 Å². The van der Waals surface area contributed by atoms with Gasteiger partial charge in [0.25, 0.3) is 0 Å². The Hall–Kier alpha value is -2.00. The summed E-state index contributed by atoms with van der Waals surface area (Å²) >= 11 is 5.30. The van der Waals surface area contributed by atoms with Gasteiger partial charge < -0.3 is 15.4 Å². The highest BCUT2D eigenvalue weighted by atomic mass is 32.2. The molecule has 0 amide bonds. The van der Waals surface area contributed by atoms with Crippen LogP contribution in [0.15, 0.2) is 59.5 Å². The Labute approximate surface area is 159 Å². The second kappa shape index (κ2) is 8.59. The molecule has 26 heavy (non-hydrogen) atoms. The first-order chi connectivity index (χ1) is 12.6. The third-order valence-electron chi connectivity index (χ3n) is 4.00. The molecule has 0 atom stereocenters. The Morgan fingerprint density at radius 3 is 2.54 bits per heavy atom. The lowest BCUT2D eigenvalue weighted by Crippen LogP contribution is -2.40. The van der Waals surface area contributed by atoms with Crippen molar-refractivity contribution in [1.29, 1.82) is 0 Å². The second-order valence-corrected chi connectivity index (χ2v) is 8.18. The topological polar surface area (TPSA) is 70.7 Å². The molecule has 0 aliphatic carbocycles. The maximum absolute atomic E-state index is 12.7. The van der Waals surface area contributed by atoms with Crippen LogP contribution in [0.3, 0.4) is 0 Å². The number of morpholine rings is 1. The van der Waals surface area contributed by atoms with Crippen molar-refractivity contribution < 1.29 is 13.2 Å². The molecule has 2 aromatic carbocycles. The molecule has 2 aromatic rings. The molecule has 0 saturated carbocycles. The third-order valence-corrected chi connectivity index (χ3v) is 6.14. The van der Waals surface area contributed by atoms with Crippen molar-refractivity contribution in [2.24, 2.45) is 0 Å². The van der Waals surface area contributed by atoms with Crippen LogP contribution in [0.1, 0.15) is 5.56 Å². The Balaban J connectivity index is 1.64. The molecule has 1 aliphatic heterocycles. The summed E-state index contributed by atoms with van der Waals surface area (Å²) in [7, 11) is -3.53. The van der Waals surface area contributed by atoms with E-state index in [-0.39, 0.29) is 4.90 Å². The molecule has 138 valence electrons. The summed E-state index contributed by atoms with van der Waals surface area (Å²) in [6, 6.07) is 16.6. The number of benzene rings is 2. The first-order valence-corrected chi connectivity index (χ1v) is 10.2. The largest absolute Gasteiger partial charge is 0.379 e. The molecule has 2 N–H and O–H groups in total. The molecule has 3 rings (SSSR count). The predicted octanol–water partition coefficient (Wildman–Crippen LogP) is 2.19. The number of thiocarbonyl (C=S) groups is 1. The van der Waals surface area contributed by atoms with E-state index in [9.17, 15) is 8.42 Å². The zero-order valence-corrected chi connectivity index (χ0v) is 15.9. The van der Waals surface area contributed by atoms with Crippen molar-refractivity contribution >= 4 is 33.0 Å². The number of anilines is 1. The molecule has 1 aliphatic rings. The zero-order valence-electron chi connectivity index (χ0n) is 14.2. The molecular weight excluding hydrogens is 370 g/mol. The van der Waals surface area contributed by atoms with Crippen molar-refractivity contribution in [2.75, 3.05) is 31.6 Å².